The predicted molar refractivity (Wildman–Crippen MR) is 82.0 cm³/mol. The molecule has 0 radical (unpaired) electrons. The average Bonchev–Trinajstić information content (AvgIpc) is 2.47. The summed E-state index contributed by atoms with van der Waals surface area (Å²) in [5, 5.41) is 0. The fourth-order valence-corrected chi connectivity index (χ4v) is 3.53. The third kappa shape index (κ3) is 2.53. The molecule has 1 saturated heterocycles. The second kappa shape index (κ2) is 5.32. The highest BCUT2D eigenvalue weighted by atomic mass is 15.3. The topological polar surface area (TPSA) is 55.0 Å². The Kier molecular flexibility index (Phi) is 3.67. The monoisotopic (exact) mass is 274 g/mol. The van der Waals surface area contributed by atoms with Gasteiger partial charge in [-0.1, -0.05) is 13.8 Å². The van der Waals surface area contributed by atoms with Crippen molar-refractivity contribution >= 4 is 5.95 Å². The average molecular weight is 274 g/mol. The van der Waals surface area contributed by atoms with Gasteiger partial charge in [-0.15, -0.1) is 0 Å². The Balaban J connectivity index is 1.82. The summed E-state index contributed by atoms with van der Waals surface area (Å²) in [6, 6.07) is 0. The van der Waals surface area contributed by atoms with Crippen molar-refractivity contribution in [1.82, 2.24) is 9.97 Å². The van der Waals surface area contributed by atoms with E-state index in [1.807, 2.05) is 0 Å². The van der Waals surface area contributed by atoms with Gasteiger partial charge in [-0.2, -0.15) is 0 Å². The highest BCUT2D eigenvalue weighted by Gasteiger charge is 2.30. The Bertz CT molecular complexity index is 475. The second-order valence-corrected chi connectivity index (χ2v) is 6.95. The molecule has 0 saturated carbocycles. The predicted octanol–water partition coefficient (Wildman–Crippen LogP) is 2.27. The van der Waals surface area contributed by atoms with E-state index >= 15 is 0 Å². The molecule has 0 unspecified atom stereocenters. The van der Waals surface area contributed by atoms with Crippen molar-refractivity contribution in [2.75, 3.05) is 24.5 Å². The minimum absolute atomic E-state index is 0.195. The summed E-state index contributed by atoms with van der Waals surface area (Å²) < 4.78 is 0. The van der Waals surface area contributed by atoms with Crippen molar-refractivity contribution in [3.8, 4) is 0 Å². The van der Waals surface area contributed by atoms with Gasteiger partial charge in [0, 0.05) is 24.7 Å². The van der Waals surface area contributed by atoms with Crippen LogP contribution in [0.1, 0.15) is 50.8 Å². The summed E-state index contributed by atoms with van der Waals surface area (Å²) in [5.74, 6) is 1.61. The van der Waals surface area contributed by atoms with E-state index in [-0.39, 0.29) is 5.41 Å². The quantitative estimate of drug-likeness (QED) is 0.899. The maximum Gasteiger partial charge on any atom is 0.225 e. The number of hydrogen-bond acceptors (Lipinski definition) is 4. The molecule has 2 aliphatic rings. The van der Waals surface area contributed by atoms with Crippen molar-refractivity contribution in [1.29, 1.82) is 0 Å². The molecule has 1 fully saturated rings. The minimum atomic E-state index is 0.195. The highest BCUT2D eigenvalue weighted by Crippen LogP contribution is 2.36. The SMILES string of the molecule is CC1(C)CCCc2cnc(N3CCC(CN)CC3)nc21. The van der Waals surface area contributed by atoms with Crippen molar-refractivity contribution in [2.24, 2.45) is 11.7 Å². The molecule has 0 aromatic carbocycles. The number of aryl methyl sites for hydroxylation is 1. The van der Waals surface area contributed by atoms with E-state index in [1.165, 1.54) is 36.9 Å². The first kappa shape index (κ1) is 13.8. The van der Waals surface area contributed by atoms with Crippen LogP contribution in [0, 0.1) is 5.92 Å². The summed E-state index contributed by atoms with van der Waals surface area (Å²) in [5.41, 5.74) is 8.58. The summed E-state index contributed by atoms with van der Waals surface area (Å²) in [4.78, 5) is 11.9. The van der Waals surface area contributed by atoms with Crippen LogP contribution >= 0.6 is 0 Å². The molecular formula is C16H26N4. The Morgan fingerprint density at radius 2 is 2.10 bits per heavy atom. The Labute approximate surface area is 121 Å². The molecule has 4 heteroatoms. The van der Waals surface area contributed by atoms with Gasteiger partial charge in [-0.05, 0) is 50.1 Å². The lowest BCUT2D eigenvalue weighted by atomic mass is 9.76. The highest BCUT2D eigenvalue weighted by molar-refractivity contribution is 5.37. The molecule has 1 aliphatic heterocycles. The maximum absolute atomic E-state index is 5.76. The summed E-state index contributed by atoms with van der Waals surface area (Å²) in [7, 11) is 0. The van der Waals surface area contributed by atoms with Crippen LogP contribution in [-0.4, -0.2) is 29.6 Å². The number of piperidine rings is 1. The van der Waals surface area contributed by atoms with Crippen molar-refractivity contribution < 1.29 is 0 Å². The lowest BCUT2D eigenvalue weighted by molar-refractivity contribution is 0.402. The largest absolute Gasteiger partial charge is 0.341 e. The molecule has 4 nitrogen and oxygen atoms in total. The molecule has 1 aliphatic carbocycles. The van der Waals surface area contributed by atoms with Gasteiger partial charge in [0.2, 0.25) is 5.95 Å². The Morgan fingerprint density at radius 1 is 1.35 bits per heavy atom. The van der Waals surface area contributed by atoms with Gasteiger partial charge in [0.25, 0.3) is 0 Å². The van der Waals surface area contributed by atoms with E-state index in [0.29, 0.717) is 5.92 Å². The third-order valence-electron chi connectivity index (χ3n) is 4.97. The summed E-state index contributed by atoms with van der Waals surface area (Å²) in [6.07, 6.45) is 8.01. The lowest BCUT2D eigenvalue weighted by Crippen LogP contribution is -2.38. The number of fused-ring (bicyclic) bond motifs is 1. The molecule has 0 atom stereocenters. The molecule has 0 spiro atoms. The zero-order valence-electron chi connectivity index (χ0n) is 12.7. The van der Waals surface area contributed by atoms with Gasteiger partial charge >= 0.3 is 0 Å². The molecule has 1 aromatic heterocycles. The second-order valence-electron chi connectivity index (χ2n) is 6.95. The fraction of sp³-hybridized carbons (Fsp3) is 0.750. The minimum Gasteiger partial charge on any atom is -0.341 e. The van der Waals surface area contributed by atoms with E-state index < -0.39 is 0 Å². The molecule has 3 rings (SSSR count). The maximum atomic E-state index is 5.76. The number of hydrogen-bond donors (Lipinski definition) is 1. The van der Waals surface area contributed by atoms with E-state index in [0.717, 1.165) is 32.0 Å². The number of nitrogens with zero attached hydrogens (tertiary/aromatic N) is 3. The number of rotatable bonds is 2. The van der Waals surface area contributed by atoms with Crippen LogP contribution in [-0.2, 0) is 11.8 Å². The molecule has 1 aromatic rings. The number of nitrogens with two attached hydrogens (primary N) is 1. The Morgan fingerprint density at radius 3 is 2.80 bits per heavy atom. The zero-order chi connectivity index (χ0) is 14.2. The molecule has 0 bridgehead atoms. The van der Waals surface area contributed by atoms with Crippen LogP contribution in [0.3, 0.4) is 0 Å². The van der Waals surface area contributed by atoms with Gasteiger partial charge in [0.15, 0.2) is 0 Å². The summed E-state index contributed by atoms with van der Waals surface area (Å²) in [6.45, 7) is 7.51. The first-order valence-electron chi connectivity index (χ1n) is 7.91. The standard InChI is InChI=1S/C16H26N4/c1-16(2)7-3-4-13-11-18-15(19-14(13)16)20-8-5-12(10-17)6-9-20/h11-12H,3-10,17H2,1-2H3. The van der Waals surface area contributed by atoms with Crippen molar-refractivity contribution in [3.05, 3.63) is 17.5 Å². The first-order valence-corrected chi connectivity index (χ1v) is 7.91. The first-order chi connectivity index (χ1) is 9.60. The van der Waals surface area contributed by atoms with Crippen LogP contribution in [0.2, 0.25) is 0 Å². The third-order valence-corrected chi connectivity index (χ3v) is 4.97. The van der Waals surface area contributed by atoms with Gasteiger partial charge in [-0.25, -0.2) is 9.97 Å². The van der Waals surface area contributed by atoms with Gasteiger partial charge < -0.3 is 10.6 Å². The van der Waals surface area contributed by atoms with Crippen molar-refractivity contribution in [3.63, 3.8) is 0 Å². The van der Waals surface area contributed by atoms with Crippen LogP contribution < -0.4 is 10.6 Å². The van der Waals surface area contributed by atoms with Gasteiger partial charge in [0.05, 0.1) is 5.69 Å². The van der Waals surface area contributed by atoms with Crippen LogP contribution in [0.15, 0.2) is 6.20 Å². The van der Waals surface area contributed by atoms with Crippen LogP contribution in [0.5, 0.6) is 0 Å². The zero-order valence-corrected chi connectivity index (χ0v) is 12.7. The smallest absolute Gasteiger partial charge is 0.225 e. The molecular weight excluding hydrogens is 248 g/mol. The van der Waals surface area contributed by atoms with E-state index in [4.69, 9.17) is 10.7 Å². The molecule has 110 valence electrons. The fourth-order valence-electron chi connectivity index (χ4n) is 3.53. The van der Waals surface area contributed by atoms with E-state index in [9.17, 15) is 0 Å². The molecule has 2 heterocycles. The van der Waals surface area contributed by atoms with E-state index in [2.05, 4.69) is 29.9 Å². The normalized spacial score (nSPS) is 22.6. The van der Waals surface area contributed by atoms with E-state index in [1.54, 1.807) is 0 Å². The van der Waals surface area contributed by atoms with Gasteiger partial charge in [-0.3, -0.25) is 0 Å². The molecule has 2 N–H and O–H groups in total. The molecule has 0 amide bonds. The lowest BCUT2D eigenvalue weighted by Gasteiger charge is -2.34. The van der Waals surface area contributed by atoms with Gasteiger partial charge in [0.1, 0.15) is 0 Å². The van der Waals surface area contributed by atoms with Crippen LogP contribution in [0.25, 0.3) is 0 Å². The Hall–Kier alpha value is -1.16. The summed E-state index contributed by atoms with van der Waals surface area (Å²) >= 11 is 0. The van der Waals surface area contributed by atoms with Crippen molar-refractivity contribution in [2.45, 2.75) is 51.4 Å². The van der Waals surface area contributed by atoms with Crippen LogP contribution in [0.4, 0.5) is 5.95 Å². The number of anilines is 1. The molecule has 20 heavy (non-hydrogen) atoms. The number of aromatic nitrogens is 2.